The van der Waals surface area contributed by atoms with Crippen LogP contribution < -0.4 is 5.32 Å². The van der Waals surface area contributed by atoms with Gasteiger partial charge in [0.25, 0.3) is 0 Å². The van der Waals surface area contributed by atoms with Gasteiger partial charge in [0.2, 0.25) is 0 Å². The van der Waals surface area contributed by atoms with E-state index < -0.39 is 8.24 Å². The van der Waals surface area contributed by atoms with Crippen molar-refractivity contribution in [2.75, 3.05) is 0 Å². The molecule has 0 spiro atoms. The summed E-state index contributed by atoms with van der Waals surface area (Å²) >= 11 is 0. The van der Waals surface area contributed by atoms with Crippen molar-refractivity contribution in [1.82, 2.24) is 9.88 Å². The number of fused-ring (bicyclic) bond motifs is 5. The fraction of sp³-hybridized carbons (Fsp3) is 0.353. The van der Waals surface area contributed by atoms with Crippen molar-refractivity contribution in [3.8, 4) is 0 Å². The van der Waals surface area contributed by atoms with Gasteiger partial charge >= 0.3 is 0 Å². The first kappa shape index (κ1) is 23.4. The molecule has 7 rings (SSSR count). The number of hydrogen-bond donors (Lipinski definition) is 1. The van der Waals surface area contributed by atoms with Crippen molar-refractivity contribution >= 4 is 24.6 Å². The zero-order valence-electron chi connectivity index (χ0n) is 22.4. The molecule has 5 aliphatic rings. The number of nitrogens with one attached hydrogen (secondary N) is 1. The zero-order valence-corrected chi connectivity index (χ0v) is 23.4. The molecule has 37 heavy (non-hydrogen) atoms. The topological polar surface area (TPSA) is 15.3 Å². The molecule has 0 bridgehead atoms. The summed E-state index contributed by atoms with van der Waals surface area (Å²) < 4.78 is 2.96. The minimum absolute atomic E-state index is 0.0839. The molecule has 2 aromatic rings. The second-order valence-electron chi connectivity index (χ2n) is 12.6. The summed E-state index contributed by atoms with van der Waals surface area (Å²) in [6.45, 7) is 10.2. The second-order valence-corrected chi connectivity index (χ2v) is 17.1. The maximum Gasteiger partial charge on any atom is 0.129 e. The maximum atomic E-state index is 4.15. The van der Waals surface area contributed by atoms with Crippen LogP contribution in [0.15, 0.2) is 109 Å². The van der Waals surface area contributed by atoms with Crippen LogP contribution in [-0.2, 0) is 0 Å². The SMILES string of the molecule is CC1(C)NC2C(c3cccc4ccccc34)=CC=C[C@H]2N1[Si](C)(C)C1C2C=CC=CC2C2C=CC=CC21. The lowest BCUT2D eigenvalue weighted by atomic mass is 9.83. The van der Waals surface area contributed by atoms with E-state index in [9.17, 15) is 0 Å². The third-order valence-corrected chi connectivity index (χ3v) is 14.4. The third-order valence-electron chi connectivity index (χ3n) is 9.93. The average molecular weight is 503 g/mol. The quantitative estimate of drug-likeness (QED) is 0.438. The van der Waals surface area contributed by atoms with Crippen LogP contribution in [-0.4, -0.2) is 30.5 Å². The molecule has 6 atom stereocenters. The highest BCUT2D eigenvalue weighted by Crippen LogP contribution is 2.60. The number of hydrogen-bond acceptors (Lipinski definition) is 2. The molecule has 1 aliphatic heterocycles. The highest BCUT2D eigenvalue weighted by Gasteiger charge is 2.61. The molecular weight excluding hydrogens is 464 g/mol. The van der Waals surface area contributed by atoms with E-state index in [1.165, 1.54) is 21.9 Å². The molecule has 1 N–H and O–H groups in total. The van der Waals surface area contributed by atoms with E-state index in [0.29, 0.717) is 35.3 Å². The van der Waals surface area contributed by atoms with Crippen LogP contribution in [0.1, 0.15) is 19.4 Å². The van der Waals surface area contributed by atoms with Crippen LogP contribution in [0.25, 0.3) is 16.3 Å². The predicted octanol–water partition coefficient (Wildman–Crippen LogP) is 7.48. The Bertz CT molecular complexity index is 1380. The van der Waals surface area contributed by atoms with Crippen LogP contribution in [0.5, 0.6) is 0 Å². The molecule has 0 amide bonds. The predicted molar refractivity (Wildman–Crippen MR) is 159 cm³/mol. The fourth-order valence-electron chi connectivity index (χ4n) is 8.86. The number of nitrogens with zero attached hydrogens (tertiary/aromatic N) is 1. The van der Waals surface area contributed by atoms with Crippen LogP contribution in [0, 0.1) is 23.7 Å². The Balaban J connectivity index is 1.30. The third kappa shape index (κ3) is 3.44. The molecule has 2 nitrogen and oxygen atoms in total. The first-order valence-electron chi connectivity index (χ1n) is 14.0. The highest BCUT2D eigenvalue weighted by atomic mass is 28.3. The summed E-state index contributed by atoms with van der Waals surface area (Å²) in [4.78, 5) is 0. The molecule has 188 valence electrons. The molecule has 3 heteroatoms. The van der Waals surface area contributed by atoms with Crippen LogP contribution >= 0.6 is 0 Å². The van der Waals surface area contributed by atoms with E-state index in [0.717, 1.165) is 0 Å². The van der Waals surface area contributed by atoms with Gasteiger partial charge in [-0.1, -0.05) is 122 Å². The Hall–Kier alpha value is -2.72. The van der Waals surface area contributed by atoms with Gasteiger partial charge in [-0.25, -0.2) is 0 Å². The summed E-state index contributed by atoms with van der Waals surface area (Å²) in [5.41, 5.74) is 3.38. The minimum atomic E-state index is -1.96. The van der Waals surface area contributed by atoms with E-state index in [1.54, 1.807) is 0 Å². The van der Waals surface area contributed by atoms with Crippen molar-refractivity contribution in [3.05, 3.63) is 115 Å². The minimum Gasteiger partial charge on any atom is -0.299 e. The molecule has 5 unspecified atom stereocenters. The van der Waals surface area contributed by atoms with E-state index in [4.69, 9.17) is 0 Å². The average Bonchev–Trinajstić information content (AvgIpc) is 3.39. The fourth-order valence-corrected chi connectivity index (χ4v) is 14.2. The lowest BCUT2D eigenvalue weighted by Gasteiger charge is -2.51. The van der Waals surface area contributed by atoms with Gasteiger partial charge in [-0.3, -0.25) is 9.88 Å². The van der Waals surface area contributed by atoms with Crippen molar-refractivity contribution in [3.63, 3.8) is 0 Å². The van der Waals surface area contributed by atoms with Gasteiger partial charge in [0, 0.05) is 6.04 Å². The largest absolute Gasteiger partial charge is 0.299 e. The number of benzene rings is 2. The molecule has 2 aromatic carbocycles. The summed E-state index contributed by atoms with van der Waals surface area (Å²) in [6, 6.07) is 16.2. The normalized spacial score (nSPS) is 35.5. The van der Waals surface area contributed by atoms with Crippen molar-refractivity contribution in [2.24, 2.45) is 23.7 Å². The van der Waals surface area contributed by atoms with Gasteiger partial charge < -0.3 is 0 Å². The first-order chi connectivity index (χ1) is 17.9. The van der Waals surface area contributed by atoms with Crippen molar-refractivity contribution in [1.29, 1.82) is 0 Å². The standard InChI is InChI=1S/C34H38N2Si/c1-34(2)35-32-28(25-20-11-14-23-13-5-6-15-24(23)25)21-12-22-31(32)36(34)37(3,4)33-29-18-9-7-16-26(29)27-17-8-10-19-30(27)33/h5-22,26-27,29-33,35H,1-4H3/t26?,27?,29?,30?,31-,32?,33?/m1/s1. The van der Waals surface area contributed by atoms with Crippen LogP contribution in [0.4, 0.5) is 0 Å². The van der Waals surface area contributed by atoms with E-state index in [2.05, 4.69) is 146 Å². The summed E-state index contributed by atoms with van der Waals surface area (Å²) in [7, 11) is -1.96. The molecule has 2 fully saturated rings. The van der Waals surface area contributed by atoms with Gasteiger partial charge in [0.1, 0.15) is 8.24 Å². The molecule has 1 saturated heterocycles. The Morgan fingerprint density at radius 3 is 2.05 bits per heavy atom. The van der Waals surface area contributed by atoms with Gasteiger partial charge in [-0.15, -0.1) is 0 Å². The summed E-state index contributed by atoms with van der Waals surface area (Å²) in [5, 5.41) is 6.81. The lowest BCUT2D eigenvalue weighted by molar-refractivity contribution is 0.227. The molecule has 1 heterocycles. The van der Waals surface area contributed by atoms with Crippen LogP contribution in [0.2, 0.25) is 18.6 Å². The van der Waals surface area contributed by atoms with Gasteiger partial charge in [0.05, 0.1) is 11.7 Å². The Morgan fingerprint density at radius 2 is 1.35 bits per heavy atom. The monoisotopic (exact) mass is 502 g/mol. The molecule has 4 aliphatic carbocycles. The Labute approximate surface area is 222 Å². The van der Waals surface area contributed by atoms with Gasteiger partial charge in [-0.05, 0) is 65.0 Å². The molecule has 0 aromatic heterocycles. The Morgan fingerprint density at radius 1 is 0.730 bits per heavy atom. The molecule has 0 radical (unpaired) electrons. The summed E-state index contributed by atoms with van der Waals surface area (Å²) in [5.74, 6) is 2.47. The maximum absolute atomic E-state index is 4.15. The zero-order chi connectivity index (χ0) is 25.4. The second kappa shape index (κ2) is 8.39. The Kier molecular flexibility index (Phi) is 5.31. The van der Waals surface area contributed by atoms with E-state index in [-0.39, 0.29) is 11.7 Å². The number of rotatable bonds is 3. The highest BCUT2D eigenvalue weighted by molar-refractivity contribution is 6.76. The summed E-state index contributed by atoms with van der Waals surface area (Å²) in [6.07, 6.45) is 26.4. The lowest BCUT2D eigenvalue weighted by Crippen LogP contribution is -2.64. The van der Waals surface area contributed by atoms with E-state index in [1.807, 2.05) is 0 Å². The van der Waals surface area contributed by atoms with E-state index >= 15 is 0 Å². The first-order valence-corrected chi connectivity index (χ1v) is 17.0. The molecular formula is C34H38N2Si. The smallest absolute Gasteiger partial charge is 0.129 e. The van der Waals surface area contributed by atoms with Gasteiger partial charge in [0.15, 0.2) is 0 Å². The van der Waals surface area contributed by atoms with Crippen LogP contribution in [0.3, 0.4) is 0 Å². The van der Waals surface area contributed by atoms with Crippen molar-refractivity contribution < 1.29 is 0 Å². The van der Waals surface area contributed by atoms with Crippen molar-refractivity contribution in [2.45, 2.75) is 50.2 Å². The number of allylic oxidation sites excluding steroid dienone is 10. The van der Waals surface area contributed by atoms with Gasteiger partial charge in [-0.2, -0.15) is 0 Å². The molecule has 1 saturated carbocycles.